The highest BCUT2D eigenvalue weighted by molar-refractivity contribution is 6.34. The molecule has 1 atom stereocenters. The van der Waals surface area contributed by atoms with Crippen LogP contribution in [0.2, 0.25) is 5.02 Å². The molecule has 4 N–H and O–H groups in total. The molecule has 0 saturated carbocycles. The molecule has 1 aromatic carbocycles. The predicted octanol–water partition coefficient (Wildman–Crippen LogP) is 3.28. The Labute approximate surface area is 162 Å². The Kier molecular flexibility index (Phi) is 6.43. The first-order valence-corrected chi connectivity index (χ1v) is 8.03. The number of pyridine rings is 1. The number of halogens is 4. The zero-order valence-corrected chi connectivity index (χ0v) is 15.0. The van der Waals surface area contributed by atoms with Gasteiger partial charge in [-0.25, -0.2) is 22.9 Å². The number of aryl methyl sites for hydroxylation is 1. The molecule has 0 spiro atoms. The van der Waals surface area contributed by atoms with Gasteiger partial charge in [0.25, 0.3) is 12.3 Å². The van der Waals surface area contributed by atoms with Crippen LogP contribution in [0.25, 0.3) is 0 Å². The van der Waals surface area contributed by atoms with Crippen molar-refractivity contribution in [3.8, 4) is 6.07 Å². The summed E-state index contributed by atoms with van der Waals surface area (Å²) in [6.07, 6.45) is -2.02. The van der Waals surface area contributed by atoms with Gasteiger partial charge >= 0.3 is 6.03 Å². The van der Waals surface area contributed by atoms with Crippen LogP contribution in [0.1, 0.15) is 33.2 Å². The Bertz CT molecular complexity index is 978. The highest BCUT2D eigenvalue weighted by atomic mass is 35.5. The number of alkyl halides is 2. The van der Waals surface area contributed by atoms with Gasteiger partial charge in [0.05, 0.1) is 10.6 Å². The molecule has 2 rings (SSSR count). The van der Waals surface area contributed by atoms with Gasteiger partial charge in [-0.1, -0.05) is 11.6 Å². The third-order valence-electron chi connectivity index (χ3n) is 3.61. The SMILES string of the molecule is Cc1cc(NC(=O)c2ncc(C#N)cc2Cl)cc([C@H](NC(N)=O)C(F)F)c1F. The lowest BCUT2D eigenvalue weighted by Gasteiger charge is -2.20. The van der Waals surface area contributed by atoms with Gasteiger partial charge in [-0.15, -0.1) is 0 Å². The molecule has 7 nitrogen and oxygen atoms in total. The molecule has 1 aromatic heterocycles. The van der Waals surface area contributed by atoms with Gasteiger partial charge in [0.15, 0.2) is 0 Å². The normalized spacial score (nSPS) is 11.6. The molecular weight excluding hydrogens is 399 g/mol. The molecule has 0 bridgehead atoms. The number of nitrogens with one attached hydrogen (secondary N) is 2. The summed E-state index contributed by atoms with van der Waals surface area (Å²) < 4.78 is 40.9. The second kappa shape index (κ2) is 8.58. The Hall–Kier alpha value is -3.32. The third kappa shape index (κ3) is 4.69. The van der Waals surface area contributed by atoms with Crippen molar-refractivity contribution in [2.45, 2.75) is 19.4 Å². The summed E-state index contributed by atoms with van der Waals surface area (Å²) in [5, 5.41) is 12.8. The number of nitrogens with two attached hydrogens (primary N) is 1. The van der Waals surface area contributed by atoms with Gasteiger partial charge in [0.2, 0.25) is 0 Å². The van der Waals surface area contributed by atoms with E-state index < -0.39 is 35.8 Å². The van der Waals surface area contributed by atoms with Crippen molar-refractivity contribution in [3.05, 3.63) is 57.6 Å². The van der Waals surface area contributed by atoms with Crippen LogP contribution in [0.5, 0.6) is 0 Å². The van der Waals surface area contributed by atoms with Crippen molar-refractivity contribution in [2.75, 3.05) is 5.32 Å². The summed E-state index contributed by atoms with van der Waals surface area (Å²) in [6, 6.07) is 1.93. The minimum absolute atomic E-state index is 0.0296. The maximum absolute atomic E-state index is 14.3. The van der Waals surface area contributed by atoms with E-state index in [-0.39, 0.29) is 27.5 Å². The summed E-state index contributed by atoms with van der Waals surface area (Å²) in [7, 11) is 0. The van der Waals surface area contributed by atoms with Gasteiger partial charge in [-0.3, -0.25) is 4.79 Å². The fourth-order valence-corrected chi connectivity index (χ4v) is 2.63. The summed E-state index contributed by atoms with van der Waals surface area (Å²) in [5.41, 5.74) is 4.16. The van der Waals surface area contributed by atoms with Crippen molar-refractivity contribution >= 4 is 29.2 Å². The minimum atomic E-state index is -3.15. The molecule has 0 saturated heterocycles. The van der Waals surface area contributed by atoms with E-state index in [1.165, 1.54) is 19.1 Å². The number of anilines is 1. The molecule has 28 heavy (non-hydrogen) atoms. The highest BCUT2D eigenvalue weighted by Crippen LogP contribution is 2.29. The largest absolute Gasteiger partial charge is 0.352 e. The lowest BCUT2D eigenvalue weighted by molar-refractivity contribution is 0.101. The smallest absolute Gasteiger partial charge is 0.312 e. The number of rotatable bonds is 5. The first-order valence-electron chi connectivity index (χ1n) is 7.65. The number of hydrogen-bond acceptors (Lipinski definition) is 4. The number of carbonyl (C=O) groups is 2. The van der Waals surface area contributed by atoms with E-state index in [2.05, 4.69) is 10.3 Å². The van der Waals surface area contributed by atoms with E-state index in [1.54, 1.807) is 5.32 Å². The summed E-state index contributed by atoms with van der Waals surface area (Å²) in [4.78, 5) is 27.1. The van der Waals surface area contributed by atoms with Gasteiger partial charge in [0.1, 0.15) is 23.6 Å². The number of aromatic nitrogens is 1. The number of nitriles is 1. The maximum Gasteiger partial charge on any atom is 0.312 e. The average Bonchev–Trinajstić information content (AvgIpc) is 2.62. The predicted molar refractivity (Wildman–Crippen MR) is 94.5 cm³/mol. The monoisotopic (exact) mass is 411 g/mol. The molecule has 146 valence electrons. The number of hydrogen-bond donors (Lipinski definition) is 3. The second-order valence-electron chi connectivity index (χ2n) is 5.64. The zero-order chi connectivity index (χ0) is 21.0. The molecule has 0 aliphatic heterocycles. The van der Waals surface area contributed by atoms with E-state index in [1.807, 2.05) is 6.07 Å². The van der Waals surface area contributed by atoms with Crippen LogP contribution in [0.3, 0.4) is 0 Å². The molecule has 2 aromatic rings. The van der Waals surface area contributed by atoms with Crippen LogP contribution in [0.15, 0.2) is 24.4 Å². The first kappa shape index (κ1) is 21.0. The quantitative estimate of drug-likeness (QED) is 0.699. The summed E-state index contributed by atoms with van der Waals surface area (Å²) in [5.74, 6) is -1.78. The van der Waals surface area contributed by atoms with Crippen LogP contribution in [-0.4, -0.2) is 23.3 Å². The van der Waals surface area contributed by atoms with Crippen LogP contribution in [0.4, 0.5) is 23.7 Å². The number of amides is 3. The first-order chi connectivity index (χ1) is 13.1. The van der Waals surface area contributed by atoms with E-state index in [0.29, 0.717) is 0 Å². The second-order valence-corrected chi connectivity index (χ2v) is 6.04. The van der Waals surface area contributed by atoms with Crippen LogP contribution >= 0.6 is 11.6 Å². The molecule has 0 unspecified atom stereocenters. The molecule has 0 fully saturated rings. The van der Waals surface area contributed by atoms with E-state index in [0.717, 1.165) is 12.3 Å². The van der Waals surface area contributed by atoms with Crippen LogP contribution in [0, 0.1) is 24.1 Å². The van der Waals surface area contributed by atoms with E-state index >= 15 is 0 Å². The molecule has 11 heteroatoms. The lowest BCUT2D eigenvalue weighted by Crippen LogP contribution is -2.37. The molecule has 0 aliphatic rings. The van der Waals surface area contributed by atoms with Gasteiger partial charge in [0, 0.05) is 17.4 Å². The van der Waals surface area contributed by atoms with E-state index in [9.17, 15) is 22.8 Å². The number of benzene rings is 1. The zero-order valence-electron chi connectivity index (χ0n) is 14.3. The van der Waals surface area contributed by atoms with Gasteiger partial charge in [-0.2, -0.15) is 5.26 Å². The fourth-order valence-electron chi connectivity index (χ4n) is 2.38. The molecular formula is C17H13ClF3N5O2. The number of nitrogens with zero attached hydrogens (tertiary/aromatic N) is 2. The number of carbonyl (C=O) groups excluding carboxylic acids is 2. The average molecular weight is 412 g/mol. The topological polar surface area (TPSA) is 121 Å². The van der Waals surface area contributed by atoms with Crippen LogP contribution < -0.4 is 16.4 Å². The Morgan fingerprint density at radius 2 is 2.00 bits per heavy atom. The maximum atomic E-state index is 14.3. The van der Waals surface area contributed by atoms with Crippen molar-refractivity contribution < 1.29 is 22.8 Å². The van der Waals surface area contributed by atoms with Crippen molar-refractivity contribution in [3.63, 3.8) is 0 Å². The van der Waals surface area contributed by atoms with Gasteiger partial charge in [-0.05, 0) is 30.7 Å². The lowest BCUT2D eigenvalue weighted by atomic mass is 10.0. The highest BCUT2D eigenvalue weighted by Gasteiger charge is 2.28. The molecule has 3 amide bonds. The standard InChI is InChI=1S/C17H13ClF3N5O2/c1-7-2-9(4-10(12(7)19)13(15(20)21)26-17(23)28)25-16(27)14-11(18)3-8(5-22)6-24-14/h2-4,6,13,15H,1H3,(H,25,27)(H3,23,26,28)/t13-/m0/s1. The summed E-state index contributed by atoms with van der Waals surface area (Å²) >= 11 is 5.91. The van der Waals surface area contributed by atoms with E-state index in [4.69, 9.17) is 22.6 Å². The van der Waals surface area contributed by atoms with Crippen molar-refractivity contribution in [1.82, 2.24) is 10.3 Å². The van der Waals surface area contributed by atoms with Crippen molar-refractivity contribution in [1.29, 1.82) is 5.26 Å². The van der Waals surface area contributed by atoms with Crippen LogP contribution in [-0.2, 0) is 0 Å². The Morgan fingerprint density at radius 3 is 2.54 bits per heavy atom. The molecule has 1 heterocycles. The minimum Gasteiger partial charge on any atom is -0.352 e. The fraction of sp³-hybridized carbons (Fsp3) is 0.176. The molecule has 0 radical (unpaired) electrons. The van der Waals surface area contributed by atoms with Crippen molar-refractivity contribution in [2.24, 2.45) is 5.73 Å². The Balaban J connectivity index is 2.39. The summed E-state index contributed by atoms with van der Waals surface area (Å²) in [6.45, 7) is 1.30. The molecule has 0 aliphatic carbocycles. The van der Waals surface area contributed by atoms with Gasteiger partial charge < -0.3 is 16.4 Å². The third-order valence-corrected chi connectivity index (χ3v) is 3.90. The number of urea groups is 1. The Morgan fingerprint density at radius 1 is 1.32 bits per heavy atom. The number of primary amides is 1.